The van der Waals surface area contributed by atoms with E-state index in [-0.39, 0.29) is 23.7 Å². The van der Waals surface area contributed by atoms with E-state index in [0.717, 1.165) is 0 Å². The van der Waals surface area contributed by atoms with Crippen molar-refractivity contribution < 1.29 is 4.79 Å². The number of rotatable bonds is 3. The standard InChI is InChI=1S/C11H17N7O/c1-11(2,3)10-14-8(15-16-10)9(19)12-5-7-13-6-18(4)17-7/h6H,5H2,1-4H3,(H,12,19)(H,14,15,16). The molecule has 0 aliphatic carbocycles. The molecule has 2 aromatic heterocycles. The second kappa shape index (κ2) is 4.79. The van der Waals surface area contributed by atoms with E-state index in [2.05, 4.69) is 30.6 Å². The first-order chi connectivity index (χ1) is 8.86. The van der Waals surface area contributed by atoms with Crippen molar-refractivity contribution in [2.24, 2.45) is 7.05 Å². The van der Waals surface area contributed by atoms with E-state index in [0.29, 0.717) is 11.6 Å². The molecule has 0 spiro atoms. The number of hydrogen-bond acceptors (Lipinski definition) is 5. The number of hydrogen-bond donors (Lipinski definition) is 2. The molecule has 2 heterocycles. The fraction of sp³-hybridized carbons (Fsp3) is 0.545. The molecule has 0 unspecified atom stereocenters. The van der Waals surface area contributed by atoms with Crippen LogP contribution in [-0.4, -0.2) is 35.9 Å². The van der Waals surface area contributed by atoms with Crippen LogP contribution in [0, 0.1) is 0 Å². The van der Waals surface area contributed by atoms with E-state index >= 15 is 0 Å². The second-order valence-corrected chi connectivity index (χ2v) is 5.27. The van der Waals surface area contributed by atoms with E-state index in [9.17, 15) is 4.79 Å². The van der Waals surface area contributed by atoms with Crippen LogP contribution in [0.1, 0.15) is 43.0 Å². The minimum atomic E-state index is -0.348. The van der Waals surface area contributed by atoms with Gasteiger partial charge in [-0.1, -0.05) is 20.8 Å². The van der Waals surface area contributed by atoms with Crippen LogP contribution in [0.4, 0.5) is 0 Å². The largest absolute Gasteiger partial charge is 0.342 e. The minimum absolute atomic E-state index is 0.126. The van der Waals surface area contributed by atoms with Gasteiger partial charge in [0.05, 0.1) is 6.54 Å². The van der Waals surface area contributed by atoms with Crippen molar-refractivity contribution in [3.63, 3.8) is 0 Å². The number of aromatic amines is 1. The fourth-order valence-corrected chi connectivity index (χ4v) is 1.40. The third-order valence-corrected chi connectivity index (χ3v) is 2.45. The minimum Gasteiger partial charge on any atom is -0.342 e. The van der Waals surface area contributed by atoms with Crippen molar-refractivity contribution in [3.8, 4) is 0 Å². The topological polar surface area (TPSA) is 101 Å². The van der Waals surface area contributed by atoms with Crippen molar-refractivity contribution in [2.45, 2.75) is 32.7 Å². The fourth-order valence-electron chi connectivity index (χ4n) is 1.40. The predicted molar refractivity (Wildman–Crippen MR) is 67.3 cm³/mol. The first kappa shape index (κ1) is 13.2. The van der Waals surface area contributed by atoms with Crippen LogP contribution in [0.2, 0.25) is 0 Å². The summed E-state index contributed by atoms with van der Waals surface area (Å²) in [6.07, 6.45) is 1.58. The highest BCUT2D eigenvalue weighted by atomic mass is 16.2. The molecule has 2 rings (SSSR count). The Kier molecular flexibility index (Phi) is 3.32. The van der Waals surface area contributed by atoms with Gasteiger partial charge < -0.3 is 5.32 Å². The van der Waals surface area contributed by atoms with Gasteiger partial charge in [-0.25, -0.2) is 9.97 Å². The molecule has 0 saturated heterocycles. The van der Waals surface area contributed by atoms with Crippen LogP contribution in [-0.2, 0) is 19.0 Å². The summed E-state index contributed by atoms with van der Waals surface area (Å²) in [7, 11) is 1.77. The van der Waals surface area contributed by atoms with Crippen molar-refractivity contribution >= 4 is 5.91 Å². The van der Waals surface area contributed by atoms with Crippen LogP contribution in [0.15, 0.2) is 6.33 Å². The van der Waals surface area contributed by atoms with E-state index in [4.69, 9.17) is 0 Å². The zero-order chi connectivity index (χ0) is 14.0. The molecule has 2 N–H and O–H groups in total. The van der Waals surface area contributed by atoms with Gasteiger partial charge in [-0.15, -0.1) is 5.10 Å². The van der Waals surface area contributed by atoms with Crippen molar-refractivity contribution in [1.82, 2.24) is 35.3 Å². The van der Waals surface area contributed by atoms with Gasteiger partial charge in [0.25, 0.3) is 5.91 Å². The lowest BCUT2D eigenvalue weighted by Gasteiger charge is -2.12. The van der Waals surface area contributed by atoms with Gasteiger partial charge >= 0.3 is 0 Å². The number of amides is 1. The molecular weight excluding hydrogens is 246 g/mol. The molecule has 0 aromatic carbocycles. The average Bonchev–Trinajstić information content (AvgIpc) is 2.93. The molecule has 0 aliphatic heterocycles. The highest BCUT2D eigenvalue weighted by Crippen LogP contribution is 2.17. The Hall–Kier alpha value is -2.25. The molecule has 0 bridgehead atoms. The summed E-state index contributed by atoms with van der Waals surface area (Å²) >= 11 is 0. The maximum absolute atomic E-state index is 11.8. The zero-order valence-electron chi connectivity index (χ0n) is 11.4. The van der Waals surface area contributed by atoms with Gasteiger partial charge in [0.2, 0.25) is 5.82 Å². The molecule has 2 aromatic rings. The van der Waals surface area contributed by atoms with Crippen LogP contribution >= 0.6 is 0 Å². The van der Waals surface area contributed by atoms with Gasteiger partial charge in [-0.05, 0) is 0 Å². The Morgan fingerprint density at radius 2 is 2.21 bits per heavy atom. The number of aryl methyl sites for hydroxylation is 1. The molecule has 0 aliphatic rings. The van der Waals surface area contributed by atoms with Crippen LogP contribution in [0.25, 0.3) is 0 Å². The Labute approximate surface area is 110 Å². The van der Waals surface area contributed by atoms with Crippen molar-refractivity contribution in [2.75, 3.05) is 0 Å². The van der Waals surface area contributed by atoms with Gasteiger partial charge in [0.1, 0.15) is 12.2 Å². The first-order valence-corrected chi connectivity index (χ1v) is 5.92. The maximum atomic E-state index is 11.8. The number of nitrogens with zero attached hydrogens (tertiary/aromatic N) is 5. The van der Waals surface area contributed by atoms with Gasteiger partial charge in [-0.3, -0.25) is 14.6 Å². The number of nitrogens with one attached hydrogen (secondary N) is 2. The van der Waals surface area contributed by atoms with Crippen molar-refractivity contribution in [1.29, 1.82) is 0 Å². The van der Waals surface area contributed by atoms with E-state index in [1.54, 1.807) is 18.1 Å². The summed E-state index contributed by atoms with van der Waals surface area (Å²) in [5.74, 6) is 0.996. The number of aromatic nitrogens is 6. The number of carbonyl (C=O) groups is 1. The molecule has 102 valence electrons. The predicted octanol–water partition coefficient (Wildman–Crippen LogP) is 0.161. The Balaban J connectivity index is 1.98. The monoisotopic (exact) mass is 263 g/mol. The summed E-state index contributed by atoms with van der Waals surface area (Å²) in [5, 5.41) is 13.4. The molecule has 1 amide bonds. The summed E-state index contributed by atoms with van der Waals surface area (Å²) in [6, 6.07) is 0. The molecular formula is C11H17N7O. The Bertz CT molecular complexity index is 578. The lowest BCUT2D eigenvalue weighted by Crippen LogP contribution is -2.25. The molecule has 19 heavy (non-hydrogen) atoms. The summed E-state index contributed by atoms with van der Waals surface area (Å²) in [5.41, 5.74) is -0.173. The highest BCUT2D eigenvalue weighted by Gasteiger charge is 2.21. The Morgan fingerprint density at radius 1 is 1.47 bits per heavy atom. The van der Waals surface area contributed by atoms with Crippen LogP contribution < -0.4 is 5.32 Å². The Morgan fingerprint density at radius 3 is 2.74 bits per heavy atom. The third kappa shape index (κ3) is 3.15. The van der Waals surface area contributed by atoms with E-state index in [1.807, 2.05) is 20.8 Å². The lowest BCUT2D eigenvalue weighted by atomic mass is 9.96. The van der Waals surface area contributed by atoms with Gasteiger partial charge in [0, 0.05) is 12.5 Å². The smallest absolute Gasteiger partial charge is 0.291 e. The molecule has 0 fully saturated rings. The molecule has 0 radical (unpaired) electrons. The summed E-state index contributed by atoms with van der Waals surface area (Å²) < 4.78 is 1.58. The molecule has 8 heteroatoms. The lowest BCUT2D eigenvalue weighted by molar-refractivity contribution is 0.0939. The van der Waals surface area contributed by atoms with Crippen LogP contribution in [0.3, 0.4) is 0 Å². The quantitative estimate of drug-likeness (QED) is 0.821. The summed E-state index contributed by atoms with van der Waals surface area (Å²) in [4.78, 5) is 20.0. The summed E-state index contributed by atoms with van der Waals surface area (Å²) in [6.45, 7) is 6.23. The normalized spacial score (nSPS) is 11.6. The van der Waals surface area contributed by atoms with Crippen molar-refractivity contribution in [3.05, 3.63) is 23.8 Å². The number of H-pyrrole nitrogens is 1. The number of carbonyl (C=O) groups excluding carboxylic acids is 1. The third-order valence-electron chi connectivity index (χ3n) is 2.45. The second-order valence-electron chi connectivity index (χ2n) is 5.27. The van der Waals surface area contributed by atoms with Crippen LogP contribution in [0.5, 0.6) is 0 Å². The SMILES string of the molecule is Cn1cnc(CNC(=O)c2n[nH]c(C(C)(C)C)n2)n1. The van der Waals surface area contributed by atoms with E-state index < -0.39 is 0 Å². The van der Waals surface area contributed by atoms with Gasteiger partial charge in [-0.2, -0.15) is 5.10 Å². The highest BCUT2D eigenvalue weighted by molar-refractivity contribution is 5.90. The maximum Gasteiger partial charge on any atom is 0.291 e. The molecule has 0 atom stereocenters. The average molecular weight is 263 g/mol. The zero-order valence-corrected chi connectivity index (χ0v) is 11.4. The van der Waals surface area contributed by atoms with E-state index in [1.165, 1.54) is 0 Å². The molecule has 0 saturated carbocycles. The first-order valence-electron chi connectivity index (χ1n) is 5.92. The van der Waals surface area contributed by atoms with Gasteiger partial charge in [0.15, 0.2) is 5.82 Å². The molecule has 8 nitrogen and oxygen atoms in total.